The SMILES string of the molecule is CCCCCCCCCCC=CS(=O)c1nc(N2C[C@@H]3C[C@H]2CN3C(=O)OC(C)(C)C)c2cc(C3CC3)c(-c3c(C)c(F)cc4c3cnn4C3CCCCO3)c(OCc3ccccc3)c2n1. The molecule has 5 aromatic rings. The van der Waals surface area contributed by atoms with Crippen molar-refractivity contribution >= 4 is 44.5 Å². The molecule has 4 atom stereocenters. The Morgan fingerprint density at radius 1 is 0.939 bits per heavy atom. The molecule has 1 saturated carbocycles. The molecule has 352 valence electrons. The summed E-state index contributed by atoms with van der Waals surface area (Å²) < 4.78 is 52.0. The number of aromatic nitrogens is 4. The van der Waals surface area contributed by atoms with Crippen LogP contribution in [0, 0.1) is 12.7 Å². The largest absolute Gasteiger partial charge is 0.486 e. The number of unbranched alkanes of at least 4 members (excludes halogenated alkanes) is 8. The second-order valence-electron chi connectivity index (χ2n) is 19.9. The fraction of sp³-hybridized carbons (Fsp3) is 0.547. The quantitative estimate of drug-likeness (QED) is 0.0626. The predicted octanol–water partition coefficient (Wildman–Crippen LogP) is 12.6. The maximum Gasteiger partial charge on any atom is 0.410 e. The molecule has 0 spiro atoms. The third-order valence-corrected chi connectivity index (χ3v) is 14.7. The minimum Gasteiger partial charge on any atom is -0.486 e. The van der Waals surface area contributed by atoms with Gasteiger partial charge in [0.2, 0.25) is 5.16 Å². The van der Waals surface area contributed by atoms with Crippen LogP contribution in [0.5, 0.6) is 5.75 Å². The van der Waals surface area contributed by atoms with Gasteiger partial charge >= 0.3 is 6.09 Å². The molecule has 11 nitrogen and oxygen atoms in total. The van der Waals surface area contributed by atoms with Crippen LogP contribution in [0.25, 0.3) is 32.9 Å². The van der Waals surface area contributed by atoms with Crippen LogP contribution in [-0.2, 0) is 26.9 Å². The van der Waals surface area contributed by atoms with E-state index in [1.165, 1.54) is 38.5 Å². The molecule has 4 aliphatic rings. The minimum atomic E-state index is -1.68. The Kier molecular flexibility index (Phi) is 14.1. The Balaban J connectivity index is 1.17. The number of amides is 1. The number of anilines is 1. The lowest BCUT2D eigenvalue weighted by Gasteiger charge is -2.36. The molecule has 5 heterocycles. The molecule has 13 heteroatoms. The maximum atomic E-state index is 16.6. The third kappa shape index (κ3) is 10.0. The van der Waals surface area contributed by atoms with Gasteiger partial charge in [0, 0.05) is 53.1 Å². The number of hydrogen-bond donors (Lipinski definition) is 0. The fourth-order valence-electron chi connectivity index (χ4n) is 10.2. The Morgan fingerprint density at radius 2 is 1.71 bits per heavy atom. The molecule has 2 unspecified atom stereocenters. The molecular weight excluding hydrogens is 852 g/mol. The van der Waals surface area contributed by atoms with Crippen molar-refractivity contribution in [3.8, 4) is 16.9 Å². The van der Waals surface area contributed by atoms with Gasteiger partial charge in [0.15, 0.2) is 12.0 Å². The van der Waals surface area contributed by atoms with Gasteiger partial charge in [0.25, 0.3) is 0 Å². The Morgan fingerprint density at radius 3 is 2.41 bits per heavy atom. The van der Waals surface area contributed by atoms with Gasteiger partial charge in [0.1, 0.15) is 40.2 Å². The van der Waals surface area contributed by atoms with Gasteiger partial charge in [-0.2, -0.15) is 5.10 Å². The first-order chi connectivity index (χ1) is 32.0. The van der Waals surface area contributed by atoms with Crippen LogP contribution in [0.3, 0.4) is 0 Å². The highest BCUT2D eigenvalue weighted by Crippen LogP contribution is 2.54. The average molecular weight is 919 g/mol. The van der Waals surface area contributed by atoms with Crippen LogP contribution >= 0.6 is 0 Å². The Labute approximate surface area is 391 Å². The molecule has 0 N–H and O–H groups in total. The lowest BCUT2D eigenvalue weighted by Crippen LogP contribution is -2.50. The molecule has 3 saturated heterocycles. The van der Waals surface area contributed by atoms with Crippen molar-refractivity contribution in [2.45, 2.75) is 173 Å². The average Bonchev–Trinajstić information content (AvgIpc) is 3.75. The number of fused-ring (bicyclic) bond motifs is 4. The van der Waals surface area contributed by atoms with Crippen molar-refractivity contribution in [3.05, 3.63) is 82.7 Å². The van der Waals surface area contributed by atoms with Crippen LogP contribution in [0.2, 0.25) is 0 Å². The highest BCUT2D eigenvalue weighted by molar-refractivity contribution is 7.87. The van der Waals surface area contributed by atoms with E-state index in [9.17, 15) is 9.00 Å². The first kappa shape index (κ1) is 46.2. The summed E-state index contributed by atoms with van der Waals surface area (Å²) in [7, 11) is -1.68. The molecule has 66 heavy (non-hydrogen) atoms. The fourth-order valence-corrected chi connectivity index (χ4v) is 11.0. The normalized spacial score (nSPS) is 20.3. The van der Waals surface area contributed by atoms with E-state index < -0.39 is 16.4 Å². The topological polar surface area (TPSA) is 112 Å². The van der Waals surface area contributed by atoms with Crippen LogP contribution in [0.4, 0.5) is 15.0 Å². The summed E-state index contributed by atoms with van der Waals surface area (Å²) in [5.74, 6) is 1.06. The third-order valence-electron chi connectivity index (χ3n) is 13.7. The lowest BCUT2D eigenvalue weighted by atomic mass is 9.88. The molecule has 2 aromatic heterocycles. The highest BCUT2D eigenvalue weighted by Gasteiger charge is 2.48. The summed E-state index contributed by atoms with van der Waals surface area (Å²) in [5.41, 5.74) is 4.62. The molecule has 0 radical (unpaired) electrons. The summed E-state index contributed by atoms with van der Waals surface area (Å²) in [5, 5.41) is 8.39. The van der Waals surface area contributed by atoms with E-state index in [0.717, 1.165) is 90.8 Å². The molecule has 1 amide bonds. The van der Waals surface area contributed by atoms with E-state index in [2.05, 4.69) is 17.9 Å². The van der Waals surface area contributed by atoms with Gasteiger partial charge in [-0.3, -0.25) is 0 Å². The van der Waals surface area contributed by atoms with E-state index in [1.54, 1.807) is 11.5 Å². The smallest absolute Gasteiger partial charge is 0.410 e. The number of halogens is 1. The van der Waals surface area contributed by atoms with E-state index >= 15 is 4.39 Å². The summed E-state index contributed by atoms with van der Waals surface area (Å²) in [6.07, 6.45) is 19.4. The van der Waals surface area contributed by atoms with Crippen LogP contribution in [0.1, 0.15) is 153 Å². The second kappa shape index (κ2) is 20.1. The highest BCUT2D eigenvalue weighted by atomic mass is 32.2. The first-order valence-electron chi connectivity index (χ1n) is 24.7. The van der Waals surface area contributed by atoms with Crippen molar-refractivity contribution in [2.24, 2.45) is 0 Å². The van der Waals surface area contributed by atoms with E-state index in [1.807, 2.05) is 79.9 Å². The van der Waals surface area contributed by atoms with Gasteiger partial charge in [-0.15, -0.1) is 0 Å². The molecule has 1 aliphatic carbocycles. The number of likely N-dealkylation sites (tertiary alicyclic amines) is 1. The number of carbonyl (C=O) groups is 1. The maximum absolute atomic E-state index is 16.6. The second-order valence-corrected chi connectivity index (χ2v) is 21.1. The van der Waals surface area contributed by atoms with E-state index in [0.29, 0.717) is 47.9 Å². The molecule has 9 rings (SSSR count). The first-order valence-corrected chi connectivity index (χ1v) is 25.9. The van der Waals surface area contributed by atoms with Crippen LogP contribution < -0.4 is 9.64 Å². The van der Waals surface area contributed by atoms with Gasteiger partial charge < -0.3 is 24.0 Å². The number of rotatable bonds is 18. The summed E-state index contributed by atoms with van der Waals surface area (Å²) in [4.78, 5) is 27.9. The van der Waals surface area contributed by atoms with Gasteiger partial charge in [0.05, 0.1) is 23.8 Å². The van der Waals surface area contributed by atoms with Gasteiger partial charge in [-0.25, -0.2) is 28.0 Å². The van der Waals surface area contributed by atoms with Crippen molar-refractivity contribution in [1.29, 1.82) is 0 Å². The minimum absolute atomic E-state index is 0.0323. The van der Waals surface area contributed by atoms with E-state index in [4.69, 9.17) is 29.3 Å². The number of carbonyl (C=O) groups excluding carboxylic acids is 1. The molecule has 4 fully saturated rings. The summed E-state index contributed by atoms with van der Waals surface area (Å²) in [6, 6.07) is 13.7. The Bertz CT molecular complexity index is 2580. The standard InChI is InChI=1S/C53H67FN6O5S/c1-6-7-8-9-10-11-12-13-14-20-27-66(62)51-56-48-41(50(57-51)58-32-39-28-38(58)33-59(39)52(61)65-53(3,4)5)29-40(37-24-25-37)47(49(48)64-34-36-21-16-15-17-22-36)46-35(2)43(54)30-44-42(46)31-55-60(44)45-23-18-19-26-63-45/h15-17,20-22,27,29-31,37-39,45H,6-14,18-19,23-26,28,32-34H2,1-5H3/t38-,39-,45?,66?/m0/s1. The number of piperazine rings is 1. The van der Waals surface area contributed by atoms with Crippen LogP contribution in [-0.4, -0.2) is 72.3 Å². The van der Waals surface area contributed by atoms with E-state index in [-0.39, 0.29) is 47.9 Å². The molecular formula is C53H67FN6O5S. The lowest BCUT2D eigenvalue weighted by molar-refractivity contribution is -0.0366. The van der Waals surface area contributed by atoms with Crippen LogP contribution in [0.15, 0.2) is 65.3 Å². The zero-order valence-electron chi connectivity index (χ0n) is 39.5. The monoisotopic (exact) mass is 918 g/mol. The number of ether oxygens (including phenoxy) is 3. The van der Waals surface area contributed by atoms with Crippen molar-refractivity contribution < 1.29 is 27.6 Å². The molecule has 3 aliphatic heterocycles. The zero-order chi connectivity index (χ0) is 46.0. The number of hydrogen-bond acceptors (Lipinski definition) is 9. The van der Waals surface area contributed by atoms with Gasteiger partial charge in [-0.05, 0) is 108 Å². The number of nitrogens with zero attached hydrogens (tertiary/aromatic N) is 6. The number of allylic oxidation sites excluding steroid dienone is 1. The van der Waals surface area contributed by atoms with Crippen molar-refractivity contribution in [2.75, 3.05) is 24.6 Å². The van der Waals surface area contributed by atoms with Gasteiger partial charge in [-0.1, -0.05) is 88.3 Å². The molecule has 2 bridgehead atoms. The summed E-state index contributed by atoms with van der Waals surface area (Å²) in [6.45, 7) is 11.7. The van der Waals surface area contributed by atoms with Crippen molar-refractivity contribution in [1.82, 2.24) is 24.6 Å². The summed E-state index contributed by atoms with van der Waals surface area (Å²) >= 11 is 0. The predicted molar refractivity (Wildman–Crippen MR) is 260 cm³/mol. The zero-order valence-corrected chi connectivity index (χ0v) is 40.3. The number of benzene rings is 3. The Hall–Kier alpha value is -4.88. The van der Waals surface area contributed by atoms with Crippen molar-refractivity contribution in [3.63, 3.8) is 0 Å². The molecule has 3 aromatic carbocycles.